The summed E-state index contributed by atoms with van der Waals surface area (Å²) >= 11 is 0. The number of nitrogens with one attached hydrogen (secondary N) is 3. The van der Waals surface area contributed by atoms with Crippen LogP contribution in [0.3, 0.4) is 0 Å². The first-order valence-electron chi connectivity index (χ1n) is 10.8. The standard InChI is InChI=1S/C25H19N7O3/c1-14-4-6-16(31-25(33)15-5-7-19-20(9-15)35-13-34-19)10-18(14)32-23-17(3-2-8-26-23)21-22-24(29-11-27-21)30-12-28-22/h2-12H,13H2,1H3,(H,26,32)(H,31,33)(H,27,28,29,30). The minimum Gasteiger partial charge on any atom is -0.454 e. The van der Waals surface area contributed by atoms with Crippen LogP contribution in [0.25, 0.3) is 22.4 Å². The van der Waals surface area contributed by atoms with E-state index >= 15 is 0 Å². The number of aromatic nitrogens is 5. The van der Waals surface area contributed by atoms with Crippen LogP contribution in [0.5, 0.6) is 11.5 Å². The van der Waals surface area contributed by atoms with E-state index in [4.69, 9.17) is 9.47 Å². The van der Waals surface area contributed by atoms with Crippen molar-refractivity contribution in [2.75, 3.05) is 17.4 Å². The van der Waals surface area contributed by atoms with Gasteiger partial charge in [-0.1, -0.05) is 6.07 Å². The molecule has 0 bridgehead atoms. The summed E-state index contributed by atoms with van der Waals surface area (Å²) in [5.74, 6) is 1.55. The highest BCUT2D eigenvalue weighted by Gasteiger charge is 2.17. The first-order valence-corrected chi connectivity index (χ1v) is 10.8. The summed E-state index contributed by atoms with van der Waals surface area (Å²) in [6, 6.07) is 14.5. The number of hydrogen-bond acceptors (Lipinski definition) is 8. The van der Waals surface area contributed by atoms with Crippen LogP contribution >= 0.6 is 0 Å². The van der Waals surface area contributed by atoms with Gasteiger partial charge in [-0.3, -0.25) is 4.79 Å². The Labute approximate surface area is 199 Å². The van der Waals surface area contributed by atoms with Crippen LogP contribution < -0.4 is 20.1 Å². The molecule has 0 saturated heterocycles. The highest BCUT2D eigenvalue weighted by Crippen LogP contribution is 2.34. The molecule has 0 unspecified atom stereocenters. The Morgan fingerprint density at radius 1 is 1.00 bits per heavy atom. The Kier molecular flexibility index (Phi) is 4.95. The first kappa shape index (κ1) is 20.6. The number of H-pyrrole nitrogens is 1. The number of rotatable bonds is 5. The van der Waals surface area contributed by atoms with Crippen LogP contribution in [0.15, 0.2) is 67.4 Å². The molecule has 35 heavy (non-hydrogen) atoms. The van der Waals surface area contributed by atoms with Gasteiger partial charge in [0.15, 0.2) is 17.1 Å². The number of nitrogens with zero attached hydrogens (tertiary/aromatic N) is 4. The molecule has 1 aliphatic heterocycles. The fourth-order valence-electron chi connectivity index (χ4n) is 3.87. The highest BCUT2D eigenvalue weighted by atomic mass is 16.7. The van der Waals surface area contributed by atoms with E-state index in [2.05, 4.69) is 35.6 Å². The third-order valence-electron chi connectivity index (χ3n) is 5.67. The molecule has 0 spiro atoms. The summed E-state index contributed by atoms with van der Waals surface area (Å²) in [6.07, 6.45) is 4.77. The molecular formula is C25H19N7O3. The molecule has 3 aromatic heterocycles. The molecule has 10 nitrogen and oxygen atoms in total. The molecule has 0 aliphatic carbocycles. The van der Waals surface area contributed by atoms with Gasteiger partial charge in [0.1, 0.15) is 23.4 Å². The fourth-order valence-corrected chi connectivity index (χ4v) is 3.87. The van der Waals surface area contributed by atoms with E-state index in [0.29, 0.717) is 39.9 Å². The van der Waals surface area contributed by atoms with Crippen molar-refractivity contribution in [3.8, 4) is 22.8 Å². The van der Waals surface area contributed by atoms with Crippen LogP contribution in [-0.2, 0) is 0 Å². The number of pyridine rings is 1. The number of fused-ring (bicyclic) bond motifs is 2. The lowest BCUT2D eigenvalue weighted by Crippen LogP contribution is -2.12. The zero-order chi connectivity index (χ0) is 23.8. The second-order valence-electron chi connectivity index (χ2n) is 7.90. The Balaban J connectivity index is 1.29. The zero-order valence-corrected chi connectivity index (χ0v) is 18.6. The monoisotopic (exact) mass is 465 g/mol. The topological polar surface area (TPSA) is 127 Å². The van der Waals surface area contributed by atoms with Crippen molar-refractivity contribution in [1.29, 1.82) is 0 Å². The minimum atomic E-state index is -0.251. The van der Waals surface area contributed by atoms with Gasteiger partial charge < -0.3 is 25.1 Å². The predicted molar refractivity (Wildman–Crippen MR) is 130 cm³/mol. The average Bonchev–Trinajstić information content (AvgIpc) is 3.55. The van der Waals surface area contributed by atoms with Crippen molar-refractivity contribution in [1.82, 2.24) is 24.9 Å². The van der Waals surface area contributed by atoms with E-state index in [9.17, 15) is 4.79 Å². The third-order valence-corrected chi connectivity index (χ3v) is 5.67. The largest absolute Gasteiger partial charge is 0.454 e. The molecule has 6 rings (SSSR count). The summed E-state index contributed by atoms with van der Waals surface area (Å²) in [4.78, 5) is 33.3. The molecule has 5 aromatic rings. The van der Waals surface area contributed by atoms with Crippen LogP contribution in [0.2, 0.25) is 0 Å². The quantitative estimate of drug-likeness (QED) is 0.348. The van der Waals surface area contributed by atoms with Gasteiger partial charge in [0.2, 0.25) is 6.79 Å². The van der Waals surface area contributed by atoms with Gasteiger partial charge in [-0.2, -0.15) is 0 Å². The molecule has 4 heterocycles. The molecule has 10 heteroatoms. The second-order valence-corrected chi connectivity index (χ2v) is 7.90. The number of aromatic amines is 1. The average molecular weight is 465 g/mol. The van der Waals surface area contributed by atoms with Gasteiger partial charge in [-0.05, 0) is 55.0 Å². The molecule has 172 valence electrons. The smallest absolute Gasteiger partial charge is 0.255 e. The lowest BCUT2D eigenvalue weighted by atomic mass is 10.1. The SMILES string of the molecule is Cc1ccc(NC(=O)c2ccc3c(c2)OCO3)cc1Nc1ncccc1-c1ncnc2nc[nH]c12. The van der Waals surface area contributed by atoms with Crippen molar-refractivity contribution >= 4 is 34.3 Å². The van der Waals surface area contributed by atoms with E-state index in [1.807, 2.05) is 37.3 Å². The second kappa shape index (κ2) is 8.41. The van der Waals surface area contributed by atoms with E-state index in [-0.39, 0.29) is 12.7 Å². The molecule has 1 amide bonds. The van der Waals surface area contributed by atoms with Crippen molar-refractivity contribution in [2.24, 2.45) is 0 Å². The Bertz CT molecular complexity index is 1580. The van der Waals surface area contributed by atoms with Crippen LogP contribution in [-0.4, -0.2) is 37.6 Å². The summed E-state index contributed by atoms with van der Waals surface area (Å²) in [6.45, 7) is 2.13. The molecule has 3 N–H and O–H groups in total. The van der Waals surface area contributed by atoms with Crippen molar-refractivity contribution < 1.29 is 14.3 Å². The Morgan fingerprint density at radius 3 is 2.86 bits per heavy atom. The number of ether oxygens (including phenoxy) is 2. The molecule has 0 fully saturated rings. The third kappa shape index (κ3) is 3.86. The molecule has 1 aliphatic rings. The van der Waals surface area contributed by atoms with Crippen molar-refractivity contribution in [3.63, 3.8) is 0 Å². The van der Waals surface area contributed by atoms with Gasteiger partial charge in [0.05, 0.1) is 6.33 Å². The maximum atomic E-state index is 12.8. The van der Waals surface area contributed by atoms with Crippen LogP contribution in [0.4, 0.5) is 17.2 Å². The molecule has 0 radical (unpaired) electrons. The van der Waals surface area contributed by atoms with Gasteiger partial charge in [-0.15, -0.1) is 0 Å². The first-order chi connectivity index (χ1) is 17.2. The Hall–Kier alpha value is -4.99. The molecular weight excluding hydrogens is 446 g/mol. The molecule has 0 atom stereocenters. The van der Waals surface area contributed by atoms with E-state index < -0.39 is 0 Å². The van der Waals surface area contributed by atoms with Gasteiger partial charge >= 0.3 is 0 Å². The van der Waals surface area contributed by atoms with E-state index in [1.54, 1.807) is 30.7 Å². The summed E-state index contributed by atoms with van der Waals surface area (Å²) in [5.41, 5.74) is 5.67. The van der Waals surface area contributed by atoms with Crippen molar-refractivity contribution in [3.05, 3.63) is 78.5 Å². The number of aryl methyl sites for hydroxylation is 1. The number of carbonyl (C=O) groups is 1. The number of anilines is 3. The van der Waals surface area contributed by atoms with Crippen LogP contribution in [0.1, 0.15) is 15.9 Å². The highest BCUT2D eigenvalue weighted by molar-refractivity contribution is 6.05. The maximum absolute atomic E-state index is 12.8. The molecule has 2 aromatic carbocycles. The predicted octanol–water partition coefficient (Wildman–Crippen LogP) is 4.45. The summed E-state index contributed by atoms with van der Waals surface area (Å²) in [7, 11) is 0. The van der Waals surface area contributed by atoms with Gasteiger partial charge in [0.25, 0.3) is 5.91 Å². The van der Waals surface area contributed by atoms with Crippen LogP contribution in [0, 0.1) is 6.92 Å². The van der Waals surface area contributed by atoms with Gasteiger partial charge in [0, 0.05) is 28.7 Å². The summed E-state index contributed by atoms with van der Waals surface area (Å²) in [5, 5.41) is 6.33. The van der Waals surface area contributed by atoms with E-state index in [1.165, 1.54) is 6.33 Å². The van der Waals surface area contributed by atoms with Crippen molar-refractivity contribution in [2.45, 2.75) is 6.92 Å². The fraction of sp³-hybridized carbons (Fsp3) is 0.0800. The number of hydrogen-bond donors (Lipinski definition) is 3. The number of imidazole rings is 1. The minimum absolute atomic E-state index is 0.157. The maximum Gasteiger partial charge on any atom is 0.255 e. The number of carbonyl (C=O) groups excluding carboxylic acids is 1. The lowest BCUT2D eigenvalue weighted by Gasteiger charge is -2.14. The summed E-state index contributed by atoms with van der Waals surface area (Å²) < 4.78 is 10.7. The number of amides is 1. The Morgan fingerprint density at radius 2 is 1.91 bits per heavy atom. The zero-order valence-electron chi connectivity index (χ0n) is 18.6. The molecule has 0 saturated carbocycles. The lowest BCUT2D eigenvalue weighted by molar-refractivity contribution is 0.102. The normalized spacial score (nSPS) is 12.0. The van der Waals surface area contributed by atoms with Gasteiger partial charge in [-0.25, -0.2) is 19.9 Å². The van der Waals surface area contributed by atoms with E-state index in [0.717, 1.165) is 22.3 Å². The number of benzene rings is 2.